The van der Waals surface area contributed by atoms with E-state index >= 15 is 0 Å². The van der Waals surface area contributed by atoms with Crippen LogP contribution in [0.15, 0.2) is 0 Å². The summed E-state index contributed by atoms with van der Waals surface area (Å²) in [7, 11) is -2.74. The Balaban J connectivity index is 3.26. The van der Waals surface area contributed by atoms with Crippen molar-refractivity contribution in [2.75, 3.05) is 6.54 Å². The second-order valence-electron chi connectivity index (χ2n) is 8.34. The molecule has 0 spiro atoms. The molecule has 0 aliphatic rings. The Kier molecular flexibility index (Phi) is 11.3. The average Bonchev–Trinajstić information content (AvgIpc) is 2.32. The molecule has 0 fully saturated rings. The van der Waals surface area contributed by atoms with E-state index in [0.717, 1.165) is 12.8 Å². The highest BCUT2D eigenvalue weighted by Gasteiger charge is 2.19. The highest BCUT2D eigenvalue weighted by atomic mass is 28.4. The summed E-state index contributed by atoms with van der Waals surface area (Å²) in [5, 5.41) is 0. The van der Waals surface area contributed by atoms with Gasteiger partial charge in [0.25, 0.3) is 5.97 Å². The maximum absolute atomic E-state index is 11.6. The molecule has 0 bridgehead atoms. The molecule has 132 valence electrons. The molecule has 0 atom stereocenters. The van der Waals surface area contributed by atoms with Crippen molar-refractivity contribution in [3.05, 3.63) is 0 Å². The van der Waals surface area contributed by atoms with Crippen LogP contribution in [-0.2, 0) is 9.22 Å². The van der Waals surface area contributed by atoms with E-state index in [-0.39, 0.29) is 5.97 Å². The van der Waals surface area contributed by atoms with Gasteiger partial charge in [-0.3, -0.25) is 4.79 Å². The molecule has 3 nitrogen and oxygen atoms in total. The summed E-state index contributed by atoms with van der Waals surface area (Å²) < 4.78 is 5.44. The Hall–Kier alpha value is -0.136. The van der Waals surface area contributed by atoms with Gasteiger partial charge in [-0.05, 0) is 39.0 Å². The van der Waals surface area contributed by atoms with Gasteiger partial charge < -0.3 is 9.41 Å². The van der Waals surface area contributed by atoms with Crippen molar-refractivity contribution in [2.24, 2.45) is 0 Å². The first kappa shape index (κ1) is 21.9. The van der Waals surface area contributed by atoms with Crippen molar-refractivity contribution < 1.29 is 9.22 Å². The highest BCUT2D eigenvalue weighted by Crippen LogP contribution is 2.11. The van der Waals surface area contributed by atoms with Crippen LogP contribution in [0.25, 0.3) is 0 Å². The summed E-state index contributed by atoms with van der Waals surface area (Å²) >= 11 is 0. The summed E-state index contributed by atoms with van der Waals surface area (Å²) in [5.41, 5.74) is 0. The van der Waals surface area contributed by atoms with E-state index in [1.54, 1.807) is 0 Å². The van der Waals surface area contributed by atoms with Gasteiger partial charge in [0, 0.05) is 6.42 Å². The van der Waals surface area contributed by atoms with Gasteiger partial charge in [0.1, 0.15) is 8.24 Å². The molecule has 0 aromatic rings. The summed E-state index contributed by atoms with van der Waals surface area (Å²) in [4.78, 5) is 15.2. The molecule has 0 rings (SSSR count). The van der Waals surface area contributed by atoms with Crippen LogP contribution in [0.3, 0.4) is 0 Å². The molecule has 0 saturated heterocycles. The minimum absolute atomic E-state index is 0.00839. The summed E-state index contributed by atoms with van der Waals surface area (Å²) in [6.45, 7) is 14.4. The minimum Gasteiger partial charge on any atom is -0.520 e. The Morgan fingerprint density at radius 3 is 1.68 bits per heavy atom. The number of carbonyl (C=O) groups is 1. The number of unbranched alkanes of at least 4 members (excludes halogenated alkanes) is 7. The third kappa shape index (κ3) is 17.9. The maximum atomic E-state index is 11.6. The molecule has 5 heteroatoms. The monoisotopic (exact) mass is 345 g/mol. The van der Waals surface area contributed by atoms with Crippen LogP contribution in [0.5, 0.6) is 0 Å². The first-order chi connectivity index (χ1) is 10.1. The lowest BCUT2D eigenvalue weighted by molar-refractivity contribution is -0.135. The van der Waals surface area contributed by atoms with Gasteiger partial charge in [0.05, 0.1) is 0 Å². The number of nitrogens with one attached hydrogen (secondary N) is 1. The zero-order valence-corrected chi connectivity index (χ0v) is 17.9. The fourth-order valence-electron chi connectivity index (χ4n) is 2.31. The van der Waals surface area contributed by atoms with Crippen LogP contribution in [0.4, 0.5) is 0 Å². The fraction of sp³-hybridized carbons (Fsp3) is 0.941. The molecule has 0 saturated carbocycles. The Morgan fingerprint density at radius 1 is 0.773 bits per heavy atom. The first-order valence-electron chi connectivity index (χ1n) is 9.07. The van der Waals surface area contributed by atoms with Crippen molar-refractivity contribution in [1.82, 2.24) is 4.98 Å². The second-order valence-corrected chi connectivity index (χ2v) is 17.6. The van der Waals surface area contributed by atoms with E-state index in [1.165, 1.54) is 45.1 Å². The Morgan fingerprint density at radius 2 is 1.23 bits per heavy atom. The highest BCUT2D eigenvalue weighted by molar-refractivity contribution is 6.73. The lowest BCUT2D eigenvalue weighted by Crippen LogP contribution is -2.41. The number of rotatable bonds is 13. The van der Waals surface area contributed by atoms with Crippen molar-refractivity contribution in [2.45, 2.75) is 97.1 Å². The van der Waals surface area contributed by atoms with E-state index < -0.39 is 16.6 Å². The molecule has 0 aliphatic heterocycles. The predicted molar refractivity (Wildman–Crippen MR) is 102 cm³/mol. The van der Waals surface area contributed by atoms with Crippen molar-refractivity contribution >= 4 is 22.5 Å². The summed E-state index contributed by atoms with van der Waals surface area (Å²) in [5.74, 6) is 0.00839. The van der Waals surface area contributed by atoms with Gasteiger partial charge in [0.2, 0.25) is 8.32 Å². The second kappa shape index (κ2) is 11.4. The van der Waals surface area contributed by atoms with Crippen LogP contribution < -0.4 is 4.98 Å². The third-order valence-corrected chi connectivity index (χ3v) is 5.53. The lowest BCUT2D eigenvalue weighted by atomic mass is 10.1. The van der Waals surface area contributed by atoms with Crippen molar-refractivity contribution in [3.8, 4) is 0 Å². The zero-order chi connectivity index (χ0) is 17.1. The van der Waals surface area contributed by atoms with Crippen LogP contribution in [0.1, 0.15) is 57.8 Å². The molecule has 22 heavy (non-hydrogen) atoms. The van der Waals surface area contributed by atoms with Crippen LogP contribution >= 0.6 is 0 Å². The Bertz CT molecular complexity index is 296. The van der Waals surface area contributed by atoms with E-state index in [1.807, 2.05) is 0 Å². The largest absolute Gasteiger partial charge is 0.520 e. The molecule has 0 unspecified atom stereocenters. The minimum atomic E-state index is -1.68. The normalized spacial score (nSPS) is 12.5. The third-order valence-electron chi connectivity index (χ3n) is 3.38. The molecule has 1 N–H and O–H groups in total. The quantitative estimate of drug-likeness (QED) is 0.363. The fourth-order valence-corrected chi connectivity index (χ4v) is 4.02. The van der Waals surface area contributed by atoms with E-state index in [0.29, 0.717) is 6.42 Å². The van der Waals surface area contributed by atoms with Crippen molar-refractivity contribution in [1.29, 1.82) is 0 Å². The van der Waals surface area contributed by atoms with Crippen LogP contribution in [0.2, 0.25) is 39.3 Å². The smallest absolute Gasteiger partial charge is 0.292 e. The predicted octanol–water partition coefficient (Wildman–Crippen LogP) is 5.30. The summed E-state index contributed by atoms with van der Waals surface area (Å²) in [6.07, 6.45) is 10.7. The van der Waals surface area contributed by atoms with Crippen LogP contribution in [-0.4, -0.2) is 29.1 Å². The first-order valence-corrected chi connectivity index (χ1v) is 16.0. The number of carbonyl (C=O) groups excluding carboxylic acids is 1. The van der Waals surface area contributed by atoms with Gasteiger partial charge >= 0.3 is 0 Å². The van der Waals surface area contributed by atoms with Crippen LogP contribution in [0, 0.1) is 0 Å². The van der Waals surface area contributed by atoms with E-state index in [2.05, 4.69) is 44.3 Å². The lowest BCUT2D eigenvalue weighted by Gasteiger charge is -2.17. The summed E-state index contributed by atoms with van der Waals surface area (Å²) in [6, 6.07) is 0. The SMILES string of the molecule is C[Si](C)(C)NCCCCCCCCCCC(=O)O[Si](C)(C)C. The van der Waals surface area contributed by atoms with Gasteiger partial charge in [-0.1, -0.05) is 58.2 Å². The van der Waals surface area contributed by atoms with E-state index in [9.17, 15) is 4.79 Å². The molecule has 0 heterocycles. The molecular weight excluding hydrogens is 306 g/mol. The molecule has 0 amide bonds. The van der Waals surface area contributed by atoms with E-state index in [4.69, 9.17) is 4.43 Å². The zero-order valence-electron chi connectivity index (χ0n) is 15.9. The molecule has 0 radical (unpaired) electrons. The van der Waals surface area contributed by atoms with Gasteiger partial charge in [-0.2, -0.15) is 0 Å². The maximum Gasteiger partial charge on any atom is 0.292 e. The number of hydrogen-bond acceptors (Lipinski definition) is 3. The standard InChI is InChI=1S/C17H39NO2Si2/c1-21(2,3)18-16-14-12-10-8-7-9-11-13-15-17(19)20-22(4,5)6/h18H,7-16H2,1-6H3. The Labute approximate surface area is 140 Å². The molecule has 0 aromatic carbocycles. The molecular formula is C17H39NO2Si2. The topological polar surface area (TPSA) is 38.3 Å². The van der Waals surface area contributed by atoms with Gasteiger partial charge in [-0.15, -0.1) is 0 Å². The average molecular weight is 346 g/mol. The van der Waals surface area contributed by atoms with Crippen molar-refractivity contribution in [3.63, 3.8) is 0 Å². The van der Waals surface area contributed by atoms with Gasteiger partial charge in [0.15, 0.2) is 0 Å². The number of hydrogen-bond donors (Lipinski definition) is 1. The van der Waals surface area contributed by atoms with Gasteiger partial charge in [-0.25, -0.2) is 0 Å². The molecule has 0 aliphatic carbocycles. The molecule has 0 aromatic heterocycles.